The number of para-hydroxylation sites is 1. The number of aliphatic hydroxyl groups excluding tert-OH is 1. The van der Waals surface area contributed by atoms with E-state index in [1.54, 1.807) is 36.4 Å². The summed E-state index contributed by atoms with van der Waals surface area (Å²) in [6.45, 7) is 3.44. The number of rotatable bonds is 8. The first-order valence-electron chi connectivity index (χ1n) is 8.47. The Morgan fingerprint density at radius 1 is 1.08 bits per heavy atom. The average Bonchev–Trinajstić information content (AvgIpc) is 2.65. The maximum absolute atomic E-state index is 12.5. The van der Waals surface area contributed by atoms with Crippen molar-refractivity contribution in [3.63, 3.8) is 0 Å². The Bertz CT molecular complexity index is 732. The molecule has 0 spiro atoms. The van der Waals surface area contributed by atoms with Gasteiger partial charge in [0.05, 0.1) is 6.61 Å². The number of carbonyl (C=O) groups excluding carboxylic acids is 2. The quantitative estimate of drug-likeness (QED) is 0.677. The summed E-state index contributed by atoms with van der Waals surface area (Å²) in [6.07, 6.45) is 0. The Hall–Kier alpha value is -2.86. The largest absolute Gasteiger partial charge is 0.484 e. The fourth-order valence-electron chi connectivity index (χ4n) is 2.38. The summed E-state index contributed by atoms with van der Waals surface area (Å²) in [5.41, 5.74) is 1.27. The van der Waals surface area contributed by atoms with Gasteiger partial charge >= 0.3 is 0 Å². The van der Waals surface area contributed by atoms with E-state index in [1.165, 1.54) is 0 Å². The predicted molar refractivity (Wildman–Crippen MR) is 99.7 cm³/mol. The molecule has 2 aromatic carbocycles. The molecule has 2 rings (SSSR count). The van der Waals surface area contributed by atoms with Gasteiger partial charge in [-0.25, -0.2) is 0 Å². The lowest BCUT2D eigenvalue weighted by molar-refractivity contribution is -0.128. The first kappa shape index (κ1) is 19.5. The average molecular weight is 356 g/mol. The fraction of sp³-hybridized carbons (Fsp3) is 0.300. The number of hydrogen-bond acceptors (Lipinski definition) is 4. The van der Waals surface area contributed by atoms with E-state index in [1.807, 2.05) is 32.0 Å². The van der Waals surface area contributed by atoms with Crippen molar-refractivity contribution in [3.05, 3.63) is 60.2 Å². The van der Waals surface area contributed by atoms with Gasteiger partial charge in [-0.05, 0) is 35.7 Å². The maximum Gasteiger partial charge on any atom is 0.258 e. The minimum Gasteiger partial charge on any atom is -0.484 e. The molecule has 0 aliphatic rings. The molecule has 3 N–H and O–H groups in total. The van der Waals surface area contributed by atoms with E-state index >= 15 is 0 Å². The number of carbonyl (C=O) groups is 2. The van der Waals surface area contributed by atoms with Gasteiger partial charge < -0.3 is 20.5 Å². The highest BCUT2D eigenvalue weighted by atomic mass is 16.5. The molecule has 6 nitrogen and oxygen atoms in total. The maximum atomic E-state index is 12.5. The summed E-state index contributed by atoms with van der Waals surface area (Å²) in [4.78, 5) is 24.7. The minimum atomic E-state index is -0.695. The van der Waals surface area contributed by atoms with Crippen molar-refractivity contribution < 1.29 is 19.4 Å². The molecule has 0 saturated heterocycles. The Labute approximate surface area is 153 Å². The molecule has 0 radical (unpaired) electrons. The van der Waals surface area contributed by atoms with Gasteiger partial charge in [-0.15, -0.1) is 0 Å². The molecular formula is C20H24N2O4. The van der Waals surface area contributed by atoms with Crippen LogP contribution in [0, 0.1) is 5.92 Å². The van der Waals surface area contributed by atoms with E-state index in [2.05, 4.69) is 10.6 Å². The van der Waals surface area contributed by atoms with Crippen molar-refractivity contribution in [3.8, 4) is 5.75 Å². The lowest BCUT2D eigenvalue weighted by Crippen LogP contribution is -2.48. The number of ether oxygens (including phenoxy) is 1. The van der Waals surface area contributed by atoms with Crippen LogP contribution in [0.15, 0.2) is 54.6 Å². The van der Waals surface area contributed by atoms with E-state index in [-0.39, 0.29) is 30.9 Å². The van der Waals surface area contributed by atoms with Gasteiger partial charge in [0.2, 0.25) is 5.91 Å². The molecule has 26 heavy (non-hydrogen) atoms. The highest BCUT2D eigenvalue weighted by Gasteiger charge is 2.24. The van der Waals surface area contributed by atoms with Crippen LogP contribution < -0.4 is 15.4 Å². The van der Waals surface area contributed by atoms with Crippen molar-refractivity contribution in [1.29, 1.82) is 0 Å². The van der Waals surface area contributed by atoms with Gasteiger partial charge in [0.15, 0.2) is 6.61 Å². The van der Waals surface area contributed by atoms with Crippen molar-refractivity contribution in [2.45, 2.75) is 26.5 Å². The molecule has 1 atom stereocenters. The number of anilines is 1. The smallest absolute Gasteiger partial charge is 0.258 e. The summed E-state index contributed by atoms with van der Waals surface area (Å²) in [5, 5.41) is 14.7. The lowest BCUT2D eigenvalue weighted by atomic mass is 10.0. The summed E-state index contributed by atoms with van der Waals surface area (Å²) in [6, 6.07) is 15.2. The molecule has 0 unspecified atom stereocenters. The normalized spacial score (nSPS) is 11.7. The van der Waals surface area contributed by atoms with E-state index < -0.39 is 6.04 Å². The second kappa shape index (κ2) is 9.58. The van der Waals surface area contributed by atoms with E-state index in [9.17, 15) is 14.7 Å². The monoisotopic (exact) mass is 356 g/mol. The molecule has 0 fully saturated rings. The van der Waals surface area contributed by atoms with Crippen LogP contribution in [-0.4, -0.2) is 29.6 Å². The molecule has 0 bridgehead atoms. The molecule has 0 saturated carbocycles. The molecule has 138 valence electrons. The van der Waals surface area contributed by atoms with Gasteiger partial charge in [0.25, 0.3) is 5.91 Å². The zero-order valence-corrected chi connectivity index (χ0v) is 14.9. The Balaban J connectivity index is 1.94. The van der Waals surface area contributed by atoms with Crippen molar-refractivity contribution in [2.75, 3.05) is 11.9 Å². The molecule has 2 amide bonds. The number of aliphatic hydroxyl groups is 1. The van der Waals surface area contributed by atoms with Crippen molar-refractivity contribution in [1.82, 2.24) is 5.32 Å². The predicted octanol–water partition coefficient (Wildman–Crippen LogP) is 2.34. The highest BCUT2D eigenvalue weighted by Crippen LogP contribution is 2.13. The molecule has 0 aliphatic carbocycles. The Morgan fingerprint density at radius 3 is 2.46 bits per heavy atom. The van der Waals surface area contributed by atoms with Gasteiger partial charge in [-0.2, -0.15) is 0 Å². The second-order valence-corrected chi connectivity index (χ2v) is 6.24. The van der Waals surface area contributed by atoms with Crippen LogP contribution >= 0.6 is 0 Å². The first-order chi connectivity index (χ1) is 12.5. The summed E-state index contributed by atoms with van der Waals surface area (Å²) in [5.74, 6) is -0.194. The highest BCUT2D eigenvalue weighted by molar-refractivity contribution is 5.97. The number of benzene rings is 2. The summed E-state index contributed by atoms with van der Waals surface area (Å²) in [7, 11) is 0. The zero-order valence-electron chi connectivity index (χ0n) is 14.9. The Kier molecular flexibility index (Phi) is 7.17. The number of hydrogen-bond donors (Lipinski definition) is 3. The third kappa shape index (κ3) is 5.89. The van der Waals surface area contributed by atoms with E-state index in [0.717, 1.165) is 0 Å². The van der Waals surface area contributed by atoms with Crippen molar-refractivity contribution in [2.24, 2.45) is 5.92 Å². The standard InChI is InChI=1S/C20H24N2O4/c1-14(2)19(20(25)21-16-8-6-7-15(11-16)12-23)22-18(24)13-26-17-9-4-3-5-10-17/h3-11,14,19,23H,12-13H2,1-2H3,(H,21,25)(H,22,24)/t19-/m0/s1. The van der Waals surface area contributed by atoms with E-state index in [0.29, 0.717) is 17.0 Å². The fourth-order valence-corrected chi connectivity index (χ4v) is 2.38. The van der Waals surface area contributed by atoms with Crippen LogP contribution in [0.25, 0.3) is 0 Å². The molecule has 0 heterocycles. The summed E-state index contributed by atoms with van der Waals surface area (Å²) < 4.78 is 5.41. The zero-order chi connectivity index (χ0) is 18.9. The van der Waals surface area contributed by atoms with Crippen molar-refractivity contribution >= 4 is 17.5 Å². The SMILES string of the molecule is CC(C)[C@H](NC(=O)COc1ccccc1)C(=O)Nc1cccc(CO)c1. The van der Waals surface area contributed by atoms with E-state index in [4.69, 9.17) is 4.74 Å². The van der Waals surface area contributed by atoms with Gasteiger partial charge in [0, 0.05) is 5.69 Å². The van der Waals surface area contributed by atoms with Crippen LogP contribution in [0.5, 0.6) is 5.75 Å². The molecule has 6 heteroatoms. The Morgan fingerprint density at radius 2 is 1.81 bits per heavy atom. The first-order valence-corrected chi connectivity index (χ1v) is 8.47. The van der Waals surface area contributed by atoms with Crippen LogP contribution in [-0.2, 0) is 16.2 Å². The van der Waals surface area contributed by atoms with Crippen LogP contribution in [0.4, 0.5) is 5.69 Å². The van der Waals surface area contributed by atoms with Gasteiger partial charge in [0.1, 0.15) is 11.8 Å². The topological polar surface area (TPSA) is 87.7 Å². The van der Waals surface area contributed by atoms with Crippen LogP contribution in [0.3, 0.4) is 0 Å². The molecule has 2 aromatic rings. The molecular weight excluding hydrogens is 332 g/mol. The minimum absolute atomic E-state index is 0.100. The third-order valence-electron chi connectivity index (χ3n) is 3.76. The number of nitrogens with one attached hydrogen (secondary N) is 2. The van der Waals surface area contributed by atoms with Crippen LogP contribution in [0.1, 0.15) is 19.4 Å². The second-order valence-electron chi connectivity index (χ2n) is 6.24. The third-order valence-corrected chi connectivity index (χ3v) is 3.76. The van der Waals surface area contributed by atoms with Crippen LogP contribution in [0.2, 0.25) is 0 Å². The van der Waals surface area contributed by atoms with Gasteiger partial charge in [-0.3, -0.25) is 9.59 Å². The summed E-state index contributed by atoms with van der Waals surface area (Å²) >= 11 is 0. The molecule has 0 aliphatic heterocycles. The lowest BCUT2D eigenvalue weighted by Gasteiger charge is -2.22. The number of amides is 2. The van der Waals surface area contributed by atoms with Gasteiger partial charge in [-0.1, -0.05) is 44.2 Å². The molecule has 0 aromatic heterocycles.